The molecule has 0 aliphatic heterocycles. The van der Waals surface area contributed by atoms with E-state index in [2.05, 4.69) is 5.32 Å². The van der Waals surface area contributed by atoms with E-state index in [0.717, 1.165) is 49.5 Å². The van der Waals surface area contributed by atoms with Crippen LogP contribution in [-0.2, 0) is 9.53 Å². The van der Waals surface area contributed by atoms with Crippen LogP contribution in [0.3, 0.4) is 0 Å². The second kappa shape index (κ2) is 7.35. The zero-order valence-electron chi connectivity index (χ0n) is 12.3. The summed E-state index contributed by atoms with van der Waals surface area (Å²) >= 11 is 0.782. The minimum absolute atomic E-state index is 0.0442. The Morgan fingerprint density at radius 1 is 1.41 bits per heavy atom. The van der Waals surface area contributed by atoms with Crippen LogP contribution in [0.25, 0.3) is 0 Å². The average Bonchev–Trinajstić information content (AvgIpc) is 2.92. The van der Waals surface area contributed by atoms with Gasteiger partial charge in [0, 0.05) is 12.0 Å². The van der Waals surface area contributed by atoms with E-state index in [4.69, 9.17) is 4.74 Å². The molecule has 0 aromatic carbocycles. The van der Waals surface area contributed by atoms with Crippen LogP contribution in [0, 0.1) is 16.0 Å². The van der Waals surface area contributed by atoms with E-state index in [-0.39, 0.29) is 34.0 Å². The molecule has 22 heavy (non-hydrogen) atoms. The molecule has 8 heteroatoms. The highest BCUT2D eigenvalue weighted by molar-refractivity contribution is 7.19. The third-order valence-corrected chi connectivity index (χ3v) is 4.61. The predicted molar refractivity (Wildman–Crippen MR) is 82.1 cm³/mol. The Kier molecular flexibility index (Phi) is 5.48. The van der Waals surface area contributed by atoms with Gasteiger partial charge in [0.25, 0.3) is 0 Å². The van der Waals surface area contributed by atoms with Gasteiger partial charge in [0.05, 0.1) is 11.5 Å². The number of thiophene rings is 1. The fraction of sp³-hybridized carbons (Fsp3) is 0.571. The Labute approximate surface area is 131 Å². The first kappa shape index (κ1) is 16.4. The lowest BCUT2D eigenvalue weighted by atomic mass is 9.89. The van der Waals surface area contributed by atoms with Gasteiger partial charge in [-0.05, 0) is 31.1 Å². The van der Waals surface area contributed by atoms with E-state index >= 15 is 0 Å². The summed E-state index contributed by atoms with van der Waals surface area (Å²) in [6, 6.07) is 1.15. The summed E-state index contributed by atoms with van der Waals surface area (Å²) in [6.45, 7) is 1.82. The van der Waals surface area contributed by atoms with Crippen LogP contribution in [0.1, 0.15) is 49.4 Å². The molecule has 1 aromatic rings. The van der Waals surface area contributed by atoms with Gasteiger partial charge in [0.1, 0.15) is 10.6 Å². The summed E-state index contributed by atoms with van der Waals surface area (Å²) in [5, 5.41) is 13.6. The highest BCUT2D eigenvalue weighted by atomic mass is 32.1. The van der Waals surface area contributed by atoms with Gasteiger partial charge in [-0.25, -0.2) is 4.79 Å². The van der Waals surface area contributed by atoms with Crippen molar-refractivity contribution in [2.24, 2.45) is 5.92 Å². The number of hydrogen-bond acceptors (Lipinski definition) is 6. The number of amides is 1. The Morgan fingerprint density at radius 3 is 2.68 bits per heavy atom. The molecule has 0 saturated heterocycles. The molecule has 0 bridgehead atoms. The molecule has 1 N–H and O–H groups in total. The smallest absolute Gasteiger partial charge is 0.341 e. The Bertz CT molecular complexity index is 578. The normalized spacial score (nSPS) is 15.3. The molecular weight excluding hydrogens is 308 g/mol. The monoisotopic (exact) mass is 326 g/mol. The number of carbonyl (C=O) groups excluding carboxylic acids is 2. The summed E-state index contributed by atoms with van der Waals surface area (Å²) in [6.07, 6.45) is 4.77. The van der Waals surface area contributed by atoms with Crippen molar-refractivity contribution in [1.29, 1.82) is 0 Å². The van der Waals surface area contributed by atoms with Gasteiger partial charge in [-0.1, -0.05) is 19.3 Å². The fourth-order valence-corrected chi connectivity index (χ4v) is 3.36. The molecule has 0 spiro atoms. The average molecular weight is 326 g/mol. The molecule has 0 atom stereocenters. The van der Waals surface area contributed by atoms with Crippen LogP contribution in [0.4, 0.5) is 10.0 Å². The number of nitrogens with zero attached hydrogens (tertiary/aromatic N) is 1. The molecule has 0 radical (unpaired) electrons. The van der Waals surface area contributed by atoms with Crippen LogP contribution in [0.5, 0.6) is 0 Å². The Morgan fingerprint density at radius 2 is 2.09 bits per heavy atom. The third-order valence-electron chi connectivity index (χ3n) is 3.61. The highest BCUT2D eigenvalue weighted by Gasteiger charge is 2.27. The minimum Gasteiger partial charge on any atom is -0.462 e. The van der Waals surface area contributed by atoms with Crippen molar-refractivity contribution in [3.8, 4) is 0 Å². The van der Waals surface area contributed by atoms with Crippen molar-refractivity contribution in [3.05, 3.63) is 21.7 Å². The van der Waals surface area contributed by atoms with Crippen molar-refractivity contribution >= 4 is 33.2 Å². The summed E-state index contributed by atoms with van der Waals surface area (Å²) in [5.74, 6) is -0.933. The minimum atomic E-state index is -0.661. The van der Waals surface area contributed by atoms with E-state index in [1.165, 1.54) is 0 Å². The van der Waals surface area contributed by atoms with E-state index in [1.807, 2.05) is 0 Å². The summed E-state index contributed by atoms with van der Waals surface area (Å²) < 4.78 is 4.88. The number of esters is 1. The number of nitro groups is 1. The van der Waals surface area contributed by atoms with Crippen LogP contribution < -0.4 is 5.32 Å². The largest absolute Gasteiger partial charge is 0.462 e. The number of anilines is 1. The lowest BCUT2D eigenvalue weighted by molar-refractivity contribution is -0.380. The summed E-state index contributed by atoms with van der Waals surface area (Å²) in [7, 11) is 0. The molecule has 0 unspecified atom stereocenters. The zero-order chi connectivity index (χ0) is 16.1. The molecule has 120 valence electrons. The van der Waals surface area contributed by atoms with E-state index in [9.17, 15) is 19.7 Å². The molecule has 1 aliphatic rings. The van der Waals surface area contributed by atoms with Gasteiger partial charge >= 0.3 is 11.0 Å². The van der Waals surface area contributed by atoms with Crippen LogP contribution >= 0.6 is 11.3 Å². The standard InChI is InChI=1S/C14H18N2O5S/c1-2-21-14(18)10-8-11(16(19)20)22-13(10)15-12(17)9-6-4-3-5-7-9/h8-9H,2-7H2,1H3,(H,15,17). The summed E-state index contributed by atoms with van der Waals surface area (Å²) in [4.78, 5) is 34.4. The zero-order valence-corrected chi connectivity index (χ0v) is 13.1. The lowest BCUT2D eigenvalue weighted by Crippen LogP contribution is -2.25. The molecule has 1 saturated carbocycles. The van der Waals surface area contributed by atoms with Crippen LogP contribution in [-0.4, -0.2) is 23.4 Å². The van der Waals surface area contributed by atoms with Crippen molar-refractivity contribution in [2.75, 3.05) is 11.9 Å². The molecule has 1 amide bonds. The van der Waals surface area contributed by atoms with Crippen LogP contribution in [0.15, 0.2) is 6.07 Å². The predicted octanol–water partition coefficient (Wildman–Crippen LogP) is 3.35. The second-order valence-electron chi connectivity index (χ2n) is 5.13. The van der Waals surface area contributed by atoms with Gasteiger partial charge < -0.3 is 10.1 Å². The molecule has 1 fully saturated rings. The summed E-state index contributed by atoms with van der Waals surface area (Å²) in [5.41, 5.74) is 0.0442. The van der Waals surface area contributed by atoms with Crippen molar-refractivity contribution in [2.45, 2.75) is 39.0 Å². The molecule has 1 heterocycles. The maximum absolute atomic E-state index is 12.3. The SMILES string of the molecule is CCOC(=O)c1cc([N+](=O)[O-])sc1NC(=O)C1CCCCC1. The number of ether oxygens (including phenoxy) is 1. The number of rotatable bonds is 5. The number of carbonyl (C=O) groups is 2. The first-order chi connectivity index (χ1) is 10.5. The van der Waals surface area contributed by atoms with Gasteiger partial charge in [-0.15, -0.1) is 0 Å². The van der Waals surface area contributed by atoms with Crippen LogP contribution in [0.2, 0.25) is 0 Å². The van der Waals surface area contributed by atoms with E-state index in [1.54, 1.807) is 6.92 Å². The first-order valence-corrected chi connectivity index (χ1v) is 8.10. The Hall–Kier alpha value is -1.96. The first-order valence-electron chi connectivity index (χ1n) is 7.29. The maximum Gasteiger partial charge on any atom is 0.341 e. The highest BCUT2D eigenvalue weighted by Crippen LogP contribution is 2.35. The van der Waals surface area contributed by atoms with Gasteiger partial charge in [0.15, 0.2) is 0 Å². The molecule has 1 aliphatic carbocycles. The topological polar surface area (TPSA) is 98.5 Å². The van der Waals surface area contributed by atoms with Gasteiger partial charge in [0.2, 0.25) is 5.91 Å². The van der Waals surface area contributed by atoms with E-state index < -0.39 is 10.9 Å². The Balaban J connectivity index is 2.18. The number of nitrogens with one attached hydrogen (secondary N) is 1. The number of hydrogen-bond donors (Lipinski definition) is 1. The molecule has 2 rings (SSSR count). The van der Waals surface area contributed by atoms with Crippen molar-refractivity contribution in [3.63, 3.8) is 0 Å². The second-order valence-corrected chi connectivity index (χ2v) is 6.16. The molecule has 7 nitrogen and oxygen atoms in total. The van der Waals surface area contributed by atoms with E-state index in [0.29, 0.717) is 0 Å². The fourth-order valence-electron chi connectivity index (χ4n) is 2.50. The van der Waals surface area contributed by atoms with Crippen molar-refractivity contribution in [1.82, 2.24) is 0 Å². The van der Waals surface area contributed by atoms with Gasteiger partial charge in [-0.3, -0.25) is 14.9 Å². The van der Waals surface area contributed by atoms with Crippen molar-refractivity contribution < 1.29 is 19.2 Å². The molecular formula is C14H18N2O5S. The maximum atomic E-state index is 12.3. The quantitative estimate of drug-likeness (QED) is 0.508. The van der Waals surface area contributed by atoms with Gasteiger partial charge in [-0.2, -0.15) is 0 Å². The molecule has 1 aromatic heterocycles. The lowest BCUT2D eigenvalue weighted by Gasteiger charge is -2.20. The third kappa shape index (κ3) is 3.82.